The number of rotatable bonds is 5. The summed E-state index contributed by atoms with van der Waals surface area (Å²) in [5.41, 5.74) is 2.17. The number of esters is 1. The van der Waals surface area contributed by atoms with E-state index in [1.807, 2.05) is 31.3 Å². The maximum Gasteiger partial charge on any atom is 0.341 e. The number of nitrogens with zero attached hydrogens (tertiary/aromatic N) is 3. The lowest BCUT2D eigenvalue weighted by Crippen LogP contribution is -2.36. The molecule has 1 unspecified atom stereocenters. The molecule has 0 saturated carbocycles. The van der Waals surface area contributed by atoms with Gasteiger partial charge in [-0.05, 0) is 38.0 Å². The molecule has 1 N–H and O–H groups in total. The zero-order chi connectivity index (χ0) is 19.5. The smallest absolute Gasteiger partial charge is 0.341 e. The van der Waals surface area contributed by atoms with Crippen molar-refractivity contribution in [3.8, 4) is 5.75 Å². The van der Waals surface area contributed by atoms with E-state index in [4.69, 9.17) is 9.47 Å². The Morgan fingerprint density at radius 1 is 1.36 bits per heavy atom. The van der Waals surface area contributed by atoms with E-state index in [2.05, 4.69) is 19.9 Å². The minimum absolute atomic E-state index is 0.285. The second-order valence-corrected chi connectivity index (χ2v) is 6.88. The Labute approximate surface area is 163 Å². The van der Waals surface area contributed by atoms with Gasteiger partial charge in [-0.25, -0.2) is 9.78 Å². The number of carbonyl (C=O) groups is 1. The summed E-state index contributed by atoms with van der Waals surface area (Å²) in [5.74, 6) is 1.65. The first-order valence-electron chi connectivity index (χ1n) is 9.59. The van der Waals surface area contributed by atoms with E-state index in [0.717, 1.165) is 54.1 Å². The molecule has 4 rings (SSSR count). The summed E-state index contributed by atoms with van der Waals surface area (Å²) in [6.45, 7) is 3.77. The molecule has 0 amide bonds. The van der Waals surface area contributed by atoms with E-state index < -0.39 is 0 Å². The van der Waals surface area contributed by atoms with Crippen LogP contribution < -0.4 is 9.64 Å². The van der Waals surface area contributed by atoms with Crippen LogP contribution in [0.2, 0.25) is 0 Å². The van der Waals surface area contributed by atoms with Crippen LogP contribution in [0.4, 0.5) is 5.69 Å². The number of H-pyrrole nitrogens is 1. The van der Waals surface area contributed by atoms with Crippen molar-refractivity contribution in [3.05, 3.63) is 48.2 Å². The lowest BCUT2D eigenvalue weighted by atomic mass is 9.95. The quantitative estimate of drug-likeness (QED) is 0.682. The average Bonchev–Trinajstić information content (AvgIpc) is 3.27. The van der Waals surface area contributed by atoms with Gasteiger partial charge in [-0.1, -0.05) is 0 Å². The van der Waals surface area contributed by atoms with E-state index in [-0.39, 0.29) is 11.9 Å². The van der Waals surface area contributed by atoms with Crippen molar-refractivity contribution in [2.75, 3.05) is 31.7 Å². The topological polar surface area (TPSA) is 80.3 Å². The number of benzene rings is 1. The molecule has 2 aromatic heterocycles. The first kappa shape index (κ1) is 18.3. The number of methoxy groups -OCH3 is 1. The molecule has 0 spiro atoms. The number of aromatic nitrogens is 3. The number of pyridine rings is 1. The molecule has 3 aromatic rings. The molecule has 1 aliphatic heterocycles. The highest BCUT2D eigenvalue weighted by molar-refractivity contribution is 6.05. The van der Waals surface area contributed by atoms with Crippen LogP contribution in [-0.4, -0.2) is 47.7 Å². The van der Waals surface area contributed by atoms with E-state index in [1.165, 1.54) is 0 Å². The van der Waals surface area contributed by atoms with Crippen LogP contribution in [0.5, 0.6) is 5.75 Å². The molecule has 7 heteroatoms. The van der Waals surface area contributed by atoms with Gasteiger partial charge in [0.25, 0.3) is 0 Å². The van der Waals surface area contributed by atoms with Crippen LogP contribution in [0, 0.1) is 0 Å². The van der Waals surface area contributed by atoms with Gasteiger partial charge in [-0.3, -0.25) is 4.98 Å². The molecule has 0 bridgehead atoms. The predicted octanol–water partition coefficient (Wildman–Crippen LogP) is 3.53. The van der Waals surface area contributed by atoms with Crippen LogP contribution in [-0.2, 0) is 4.74 Å². The fraction of sp³-hybridized carbons (Fsp3) is 0.381. The second kappa shape index (κ2) is 7.88. The highest BCUT2D eigenvalue weighted by Crippen LogP contribution is 2.36. The van der Waals surface area contributed by atoms with Gasteiger partial charge in [0.2, 0.25) is 0 Å². The van der Waals surface area contributed by atoms with Crippen molar-refractivity contribution in [2.45, 2.75) is 25.7 Å². The highest BCUT2D eigenvalue weighted by atomic mass is 16.5. The lowest BCUT2D eigenvalue weighted by molar-refractivity contribution is 0.0526. The van der Waals surface area contributed by atoms with Crippen molar-refractivity contribution in [2.24, 2.45) is 0 Å². The highest BCUT2D eigenvalue weighted by Gasteiger charge is 2.28. The number of piperidine rings is 1. The van der Waals surface area contributed by atoms with Crippen molar-refractivity contribution in [1.82, 2.24) is 15.0 Å². The van der Waals surface area contributed by atoms with Gasteiger partial charge in [-0.15, -0.1) is 0 Å². The molecule has 1 aromatic carbocycles. The van der Waals surface area contributed by atoms with Crippen LogP contribution in [0.15, 0.2) is 36.8 Å². The Balaban J connectivity index is 1.82. The van der Waals surface area contributed by atoms with E-state index in [9.17, 15) is 4.79 Å². The number of hydrogen-bond acceptors (Lipinski definition) is 6. The fourth-order valence-corrected chi connectivity index (χ4v) is 3.89. The molecule has 1 atom stereocenters. The molecular weight excluding hydrogens is 356 g/mol. The zero-order valence-corrected chi connectivity index (χ0v) is 16.1. The van der Waals surface area contributed by atoms with Crippen LogP contribution in [0.3, 0.4) is 0 Å². The largest absolute Gasteiger partial charge is 0.497 e. The molecule has 0 aliphatic carbocycles. The predicted molar refractivity (Wildman–Crippen MR) is 107 cm³/mol. The molecule has 7 nitrogen and oxygen atoms in total. The summed E-state index contributed by atoms with van der Waals surface area (Å²) in [5, 5.41) is 0.894. The molecule has 28 heavy (non-hydrogen) atoms. The van der Waals surface area contributed by atoms with Crippen LogP contribution in [0.1, 0.15) is 41.9 Å². The number of ether oxygens (including phenoxy) is 2. The van der Waals surface area contributed by atoms with Gasteiger partial charge in [0.15, 0.2) is 0 Å². The second-order valence-electron chi connectivity index (χ2n) is 6.88. The third-order valence-corrected chi connectivity index (χ3v) is 5.19. The van der Waals surface area contributed by atoms with Gasteiger partial charge >= 0.3 is 5.97 Å². The summed E-state index contributed by atoms with van der Waals surface area (Å²) in [4.78, 5) is 27.1. The van der Waals surface area contributed by atoms with E-state index in [1.54, 1.807) is 19.5 Å². The van der Waals surface area contributed by atoms with Crippen molar-refractivity contribution >= 4 is 22.6 Å². The fourth-order valence-electron chi connectivity index (χ4n) is 3.89. The first-order chi connectivity index (χ1) is 13.7. The van der Waals surface area contributed by atoms with Gasteiger partial charge in [-0.2, -0.15) is 0 Å². The number of imidazole rings is 1. The molecule has 3 heterocycles. The minimum Gasteiger partial charge on any atom is -0.497 e. The lowest BCUT2D eigenvalue weighted by Gasteiger charge is -2.35. The molecule has 1 fully saturated rings. The summed E-state index contributed by atoms with van der Waals surface area (Å²) in [7, 11) is 1.64. The molecule has 1 aliphatic rings. The normalized spacial score (nSPS) is 16.9. The Bertz CT molecular complexity index is 971. The maximum atomic E-state index is 12.7. The van der Waals surface area contributed by atoms with Gasteiger partial charge in [0.1, 0.15) is 17.1 Å². The van der Waals surface area contributed by atoms with Crippen molar-refractivity contribution < 1.29 is 14.3 Å². The first-order valence-corrected chi connectivity index (χ1v) is 9.59. The standard InChI is InChI=1S/C21H24N4O3/c1-3-28-21(26)17-12-24-18-7-6-15(27-2)11-16(18)19(17)25-10-4-5-14(13-25)20-22-8-9-23-20/h6-9,11-12,14H,3-5,10,13H2,1-2H3,(H,22,23). The SMILES string of the molecule is CCOC(=O)c1cnc2ccc(OC)cc2c1N1CCCC(c2ncc[nH]2)C1. The van der Waals surface area contributed by atoms with E-state index in [0.29, 0.717) is 12.2 Å². The zero-order valence-electron chi connectivity index (χ0n) is 16.1. The Kier molecular flexibility index (Phi) is 5.14. The Morgan fingerprint density at radius 2 is 2.25 bits per heavy atom. The number of anilines is 1. The average molecular weight is 380 g/mol. The number of hydrogen-bond donors (Lipinski definition) is 1. The molecular formula is C21H24N4O3. The molecule has 1 saturated heterocycles. The number of nitrogens with one attached hydrogen (secondary N) is 1. The number of aromatic amines is 1. The van der Waals surface area contributed by atoms with Gasteiger partial charge in [0, 0.05) is 43.0 Å². The summed E-state index contributed by atoms with van der Waals surface area (Å²) >= 11 is 0. The van der Waals surface area contributed by atoms with Gasteiger partial charge < -0.3 is 19.4 Å². The Hall–Kier alpha value is -3.09. The molecule has 0 radical (unpaired) electrons. The summed E-state index contributed by atoms with van der Waals surface area (Å²) < 4.78 is 10.7. The van der Waals surface area contributed by atoms with Crippen LogP contribution >= 0.6 is 0 Å². The van der Waals surface area contributed by atoms with Crippen molar-refractivity contribution in [1.29, 1.82) is 0 Å². The third-order valence-electron chi connectivity index (χ3n) is 5.19. The minimum atomic E-state index is -0.352. The maximum absolute atomic E-state index is 12.7. The summed E-state index contributed by atoms with van der Waals surface area (Å²) in [6, 6.07) is 5.74. The van der Waals surface area contributed by atoms with Gasteiger partial charge in [0.05, 0.1) is 24.9 Å². The summed E-state index contributed by atoms with van der Waals surface area (Å²) in [6.07, 6.45) is 7.33. The van der Waals surface area contributed by atoms with E-state index >= 15 is 0 Å². The number of carbonyl (C=O) groups excluding carboxylic acids is 1. The third kappa shape index (κ3) is 3.40. The Morgan fingerprint density at radius 3 is 3.00 bits per heavy atom. The van der Waals surface area contributed by atoms with Crippen molar-refractivity contribution in [3.63, 3.8) is 0 Å². The molecule has 146 valence electrons. The number of fused-ring (bicyclic) bond motifs is 1. The monoisotopic (exact) mass is 380 g/mol. The van der Waals surface area contributed by atoms with Crippen LogP contribution in [0.25, 0.3) is 10.9 Å².